The maximum Gasteiger partial charge on any atom is 0.192 e. The molecule has 1 aromatic carbocycles. The maximum atomic E-state index is 6.04. The summed E-state index contributed by atoms with van der Waals surface area (Å²) in [6.45, 7) is 2.33. The Balaban J connectivity index is 1.80. The van der Waals surface area contributed by atoms with Crippen molar-refractivity contribution in [3.8, 4) is 0 Å². The number of nitrogens with zero attached hydrogens (tertiary/aromatic N) is 2. The Labute approximate surface area is 132 Å². The summed E-state index contributed by atoms with van der Waals surface area (Å²) >= 11 is 9.59. The highest BCUT2D eigenvalue weighted by molar-refractivity contribution is 9.10. The van der Waals surface area contributed by atoms with Gasteiger partial charge in [-0.2, -0.15) is 0 Å². The summed E-state index contributed by atoms with van der Waals surface area (Å²) in [5.41, 5.74) is 7.21. The van der Waals surface area contributed by atoms with Gasteiger partial charge in [0.05, 0.1) is 18.7 Å². The molecule has 0 saturated carbocycles. The molecule has 2 heterocycles. The first kappa shape index (κ1) is 14.2. The van der Waals surface area contributed by atoms with Crippen LogP contribution in [0.1, 0.15) is 24.4 Å². The molecule has 2 aliphatic rings. The van der Waals surface area contributed by atoms with Gasteiger partial charge in [0.15, 0.2) is 5.96 Å². The van der Waals surface area contributed by atoms with E-state index in [0.29, 0.717) is 12.5 Å². The average molecular weight is 359 g/mol. The van der Waals surface area contributed by atoms with E-state index in [4.69, 9.17) is 22.1 Å². The molecule has 1 saturated heterocycles. The van der Waals surface area contributed by atoms with E-state index in [1.54, 1.807) is 0 Å². The Kier molecular flexibility index (Phi) is 4.19. The Hall–Kier alpha value is -0.780. The summed E-state index contributed by atoms with van der Waals surface area (Å²) < 4.78 is 6.71. The van der Waals surface area contributed by atoms with E-state index in [2.05, 4.69) is 25.8 Å². The highest BCUT2D eigenvalue weighted by atomic mass is 79.9. The lowest BCUT2D eigenvalue weighted by Gasteiger charge is -2.29. The number of benzene rings is 1. The van der Waals surface area contributed by atoms with Gasteiger partial charge in [-0.25, -0.2) is 0 Å². The van der Waals surface area contributed by atoms with Crippen LogP contribution in [-0.4, -0.2) is 36.7 Å². The van der Waals surface area contributed by atoms with Gasteiger partial charge in [0.25, 0.3) is 0 Å². The lowest BCUT2D eigenvalue weighted by atomic mass is 10.1. The Morgan fingerprint density at radius 3 is 3.05 bits per heavy atom. The summed E-state index contributed by atoms with van der Waals surface area (Å²) in [7, 11) is 0. The first-order valence-electron chi connectivity index (χ1n) is 6.78. The van der Waals surface area contributed by atoms with Crippen molar-refractivity contribution in [3.05, 3.63) is 33.3 Å². The minimum absolute atomic E-state index is 0.158. The molecule has 1 aromatic rings. The molecule has 0 bridgehead atoms. The smallest absolute Gasteiger partial charge is 0.192 e. The monoisotopic (exact) mass is 357 g/mol. The number of halogens is 2. The van der Waals surface area contributed by atoms with E-state index in [9.17, 15) is 0 Å². The molecule has 108 valence electrons. The van der Waals surface area contributed by atoms with Gasteiger partial charge in [0.1, 0.15) is 0 Å². The van der Waals surface area contributed by atoms with E-state index in [1.165, 1.54) is 0 Å². The van der Waals surface area contributed by atoms with Gasteiger partial charge < -0.3 is 15.4 Å². The minimum Gasteiger partial charge on any atom is -0.376 e. The van der Waals surface area contributed by atoms with Gasteiger partial charge in [0.2, 0.25) is 0 Å². The molecule has 0 radical (unpaired) electrons. The van der Waals surface area contributed by atoms with Crippen molar-refractivity contribution in [1.82, 2.24) is 4.90 Å². The average Bonchev–Trinajstić information content (AvgIpc) is 3.03. The van der Waals surface area contributed by atoms with Crippen LogP contribution in [0.3, 0.4) is 0 Å². The first-order valence-corrected chi connectivity index (χ1v) is 7.95. The predicted molar refractivity (Wildman–Crippen MR) is 84.1 cm³/mol. The second-order valence-electron chi connectivity index (χ2n) is 5.17. The fourth-order valence-electron chi connectivity index (χ4n) is 2.80. The van der Waals surface area contributed by atoms with Crippen LogP contribution in [0.5, 0.6) is 0 Å². The van der Waals surface area contributed by atoms with Crippen molar-refractivity contribution >= 4 is 33.5 Å². The quantitative estimate of drug-likeness (QED) is 0.904. The maximum absolute atomic E-state index is 6.04. The summed E-state index contributed by atoms with van der Waals surface area (Å²) in [6.07, 6.45) is 2.48. The third-order valence-corrected chi connectivity index (χ3v) is 4.76. The van der Waals surface area contributed by atoms with Crippen molar-refractivity contribution in [2.75, 3.05) is 19.7 Å². The molecule has 0 spiro atoms. The number of aliphatic imine (C=N–C) groups is 1. The standard InChI is InChI=1S/C14H17BrClN3O/c15-12-6-9(16)3-4-11(12)13-7-18-14(17)19(13)8-10-2-1-5-20-10/h3-4,6,10,13H,1-2,5,7-8H2,(H2,17,18). The largest absolute Gasteiger partial charge is 0.376 e. The molecular weight excluding hydrogens is 342 g/mol. The molecule has 2 atom stereocenters. The molecule has 3 rings (SSSR count). The van der Waals surface area contributed by atoms with Crippen LogP contribution in [-0.2, 0) is 4.74 Å². The van der Waals surface area contributed by atoms with E-state index in [0.717, 1.165) is 41.1 Å². The molecular formula is C14H17BrClN3O. The topological polar surface area (TPSA) is 50.8 Å². The molecule has 0 aliphatic carbocycles. The zero-order chi connectivity index (χ0) is 14.1. The van der Waals surface area contributed by atoms with Crippen LogP contribution < -0.4 is 5.73 Å². The van der Waals surface area contributed by atoms with Crippen molar-refractivity contribution in [2.24, 2.45) is 10.7 Å². The fourth-order valence-corrected chi connectivity index (χ4v) is 3.74. The number of rotatable bonds is 3. The third kappa shape index (κ3) is 2.80. The molecule has 20 heavy (non-hydrogen) atoms. The molecule has 2 unspecified atom stereocenters. The second kappa shape index (κ2) is 5.92. The van der Waals surface area contributed by atoms with Gasteiger partial charge >= 0.3 is 0 Å². The number of guanidine groups is 1. The molecule has 1 fully saturated rings. The lowest BCUT2D eigenvalue weighted by Crippen LogP contribution is -2.41. The zero-order valence-electron chi connectivity index (χ0n) is 11.1. The van der Waals surface area contributed by atoms with Gasteiger partial charge in [-0.1, -0.05) is 33.6 Å². The lowest BCUT2D eigenvalue weighted by molar-refractivity contribution is 0.0852. The van der Waals surface area contributed by atoms with E-state index in [1.807, 2.05) is 18.2 Å². The predicted octanol–water partition coefficient (Wildman–Crippen LogP) is 2.95. The van der Waals surface area contributed by atoms with Crippen LogP contribution in [0.15, 0.2) is 27.7 Å². The molecule has 0 amide bonds. The number of hydrogen-bond donors (Lipinski definition) is 1. The van der Waals surface area contributed by atoms with Crippen LogP contribution >= 0.6 is 27.5 Å². The van der Waals surface area contributed by atoms with Crippen LogP contribution in [0.2, 0.25) is 5.02 Å². The summed E-state index contributed by atoms with van der Waals surface area (Å²) in [6, 6.07) is 6.01. The number of hydrogen-bond acceptors (Lipinski definition) is 4. The minimum atomic E-state index is 0.158. The summed E-state index contributed by atoms with van der Waals surface area (Å²) in [4.78, 5) is 6.53. The number of nitrogens with two attached hydrogens (primary N) is 1. The highest BCUT2D eigenvalue weighted by Crippen LogP contribution is 2.33. The molecule has 6 heteroatoms. The van der Waals surface area contributed by atoms with Crippen LogP contribution in [0.25, 0.3) is 0 Å². The SMILES string of the molecule is NC1=NCC(c2ccc(Cl)cc2Br)N1CC1CCCO1. The normalized spacial score (nSPS) is 26.1. The number of ether oxygens (including phenoxy) is 1. The van der Waals surface area contributed by atoms with Crippen molar-refractivity contribution in [1.29, 1.82) is 0 Å². The van der Waals surface area contributed by atoms with Gasteiger partial charge in [-0.3, -0.25) is 4.99 Å². The Morgan fingerprint density at radius 1 is 1.50 bits per heavy atom. The van der Waals surface area contributed by atoms with Gasteiger partial charge in [0, 0.05) is 22.6 Å². The summed E-state index contributed by atoms with van der Waals surface area (Å²) in [5.74, 6) is 0.604. The Bertz CT molecular complexity index is 531. The molecule has 0 aromatic heterocycles. The van der Waals surface area contributed by atoms with Crippen LogP contribution in [0.4, 0.5) is 0 Å². The fraction of sp³-hybridized carbons (Fsp3) is 0.500. The van der Waals surface area contributed by atoms with Crippen molar-refractivity contribution < 1.29 is 4.74 Å². The molecule has 4 nitrogen and oxygen atoms in total. The van der Waals surface area contributed by atoms with Gasteiger partial charge in [-0.15, -0.1) is 0 Å². The Morgan fingerprint density at radius 2 is 2.35 bits per heavy atom. The molecule has 2 aliphatic heterocycles. The third-order valence-electron chi connectivity index (χ3n) is 3.84. The highest BCUT2D eigenvalue weighted by Gasteiger charge is 2.31. The zero-order valence-corrected chi connectivity index (χ0v) is 13.4. The van der Waals surface area contributed by atoms with E-state index in [-0.39, 0.29) is 12.1 Å². The van der Waals surface area contributed by atoms with Crippen molar-refractivity contribution in [3.63, 3.8) is 0 Å². The van der Waals surface area contributed by atoms with Crippen molar-refractivity contribution in [2.45, 2.75) is 25.0 Å². The molecule has 2 N–H and O–H groups in total. The van der Waals surface area contributed by atoms with Crippen LogP contribution in [0, 0.1) is 0 Å². The van der Waals surface area contributed by atoms with E-state index < -0.39 is 0 Å². The first-order chi connectivity index (χ1) is 9.65. The van der Waals surface area contributed by atoms with Gasteiger partial charge in [-0.05, 0) is 30.5 Å². The summed E-state index contributed by atoms with van der Waals surface area (Å²) in [5, 5.41) is 0.721. The van der Waals surface area contributed by atoms with E-state index >= 15 is 0 Å². The second-order valence-corrected chi connectivity index (χ2v) is 6.46.